The zero-order valence-electron chi connectivity index (χ0n) is 7.78. The van der Waals surface area contributed by atoms with Gasteiger partial charge in [-0.25, -0.2) is 4.79 Å². The lowest BCUT2D eigenvalue weighted by Crippen LogP contribution is -2.62. The molecule has 5 heteroatoms. The number of likely N-dealkylation sites (tertiary alicyclic amines) is 1. The van der Waals surface area contributed by atoms with Gasteiger partial charge in [-0.15, -0.1) is 0 Å². The van der Waals surface area contributed by atoms with Crippen LogP contribution < -0.4 is 5.73 Å². The summed E-state index contributed by atoms with van der Waals surface area (Å²) in [7, 11) is 0. The van der Waals surface area contributed by atoms with Gasteiger partial charge in [0.15, 0.2) is 0 Å². The normalized spacial score (nSPS) is 22.4. The summed E-state index contributed by atoms with van der Waals surface area (Å²) in [6.45, 7) is 3.65. The number of rotatable bonds is 2. The van der Waals surface area contributed by atoms with Gasteiger partial charge in [-0.05, 0) is 20.3 Å². The predicted octanol–water partition coefficient (Wildman–Crippen LogP) is -0.591. The standard InChI is InChI=1S/C8H14N2O3/c1-8(2,9)7(13)10-4-3-5(10)6(11)12/h5H,3-4,9H2,1-2H3,(H,11,12)/t5-/m0/s1. The van der Waals surface area contributed by atoms with Crippen molar-refractivity contribution in [1.82, 2.24) is 4.90 Å². The molecule has 0 radical (unpaired) electrons. The number of carbonyl (C=O) groups is 2. The Hall–Kier alpha value is -1.10. The van der Waals surface area contributed by atoms with E-state index in [1.165, 1.54) is 4.90 Å². The van der Waals surface area contributed by atoms with E-state index in [0.717, 1.165) is 0 Å². The Labute approximate surface area is 76.5 Å². The molecule has 1 amide bonds. The summed E-state index contributed by atoms with van der Waals surface area (Å²) >= 11 is 0. The molecular weight excluding hydrogens is 172 g/mol. The number of amides is 1. The van der Waals surface area contributed by atoms with Gasteiger partial charge in [-0.2, -0.15) is 0 Å². The van der Waals surface area contributed by atoms with E-state index >= 15 is 0 Å². The minimum Gasteiger partial charge on any atom is -0.480 e. The van der Waals surface area contributed by atoms with Crippen molar-refractivity contribution < 1.29 is 14.7 Å². The minimum absolute atomic E-state index is 0.300. The first-order valence-corrected chi connectivity index (χ1v) is 4.17. The van der Waals surface area contributed by atoms with Crippen molar-refractivity contribution in [1.29, 1.82) is 0 Å². The zero-order valence-corrected chi connectivity index (χ0v) is 7.78. The zero-order chi connectivity index (χ0) is 10.2. The maximum atomic E-state index is 11.5. The largest absolute Gasteiger partial charge is 0.480 e. The van der Waals surface area contributed by atoms with Crippen LogP contribution in [0.25, 0.3) is 0 Å². The Morgan fingerprint density at radius 3 is 2.31 bits per heavy atom. The first-order chi connectivity index (χ1) is 5.84. The van der Waals surface area contributed by atoms with Gasteiger partial charge in [-0.1, -0.05) is 0 Å². The second-order valence-electron chi connectivity index (χ2n) is 3.86. The second-order valence-corrected chi connectivity index (χ2v) is 3.86. The molecule has 0 aliphatic carbocycles. The van der Waals surface area contributed by atoms with E-state index in [9.17, 15) is 9.59 Å². The number of nitrogens with two attached hydrogens (primary N) is 1. The van der Waals surface area contributed by atoms with Crippen LogP contribution in [0, 0.1) is 0 Å². The molecule has 3 N–H and O–H groups in total. The molecular formula is C8H14N2O3. The van der Waals surface area contributed by atoms with Crippen LogP contribution in [0.2, 0.25) is 0 Å². The highest BCUT2D eigenvalue weighted by atomic mass is 16.4. The number of carboxylic acid groups (broad SMARTS) is 1. The highest BCUT2D eigenvalue weighted by Gasteiger charge is 2.41. The van der Waals surface area contributed by atoms with Crippen LogP contribution in [0.15, 0.2) is 0 Å². The van der Waals surface area contributed by atoms with Gasteiger partial charge in [-0.3, -0.25) is 4.79 Å². The van der Waals surface area contributed by atoms with Crippen LogP contribution in [-0.2, 0) is 9.59 Å². The molecule has 0 saturated carbocycles. The molecule has 0 aromatic carbocycles. The molecule has 1 aliphatic heterocycles. The van der Waals surface area contributed by atoms with Crippen LogP contribution in [0.4, 0.5) is 0 Å². The summed E-state index contributed by atoms with van der Waals surface area (Å²) in [6, 6.07) is -0.671. The molecule has 5 nitrogen and oxygen atoms in total. The highest BCUT2D eigenvalue weighted by Crippen LogP contribution is 2.20. The van der Waals surface area contributed by atoms with Crippen molar-refractivity contribution in [2.45, 2.75) is 31.8 Å². The maximum Gasteiger partial charge on any atom is 0.326 e. The number of carbonyl (C=O) groups excluding carboxylic acids is 1. The van der Waals surface area contributed by atoms with Gasteiger partial charge < -0.3 is 15.7 Å². The second kappa shape index (κ2) is 2.99. The van der Waals surface area contributed by atoms with Gasteiger partial charge in [0.1, 0.15) is 6.04 Å². The smallest absolute Gasteiger partial charge is 0.326 e. The highest BCUT2D eigenvalue weighted by molar-refractivity contribution is 5.90. The summed E-state index contributed by atoms with van der Waals surface area (Å²) in [5.74, 6) is -1.25. The fraction of sp³-hybridized carbons (Fsp3) is 0.750. The van der Waals surface area contributed by atoms with Crippen LogP contribution >= 0.6 is 0 Å². The van der Waals surface area contributed by atoms with E-state index in [-0.39, 0.29) is 5.91 Å². The summed E-state index contributed by atoms with van der Waals surface area (Å²) in [6.07, 6.45) is 0.525. The first kappa shape index (κ1) is 9.98. The van der Waals surface area contributed by atoms with E-state index in [0.29, 0.717) is 13.0 Å². The Bertz CT molecular complexity index is 244. The minimum atomic E-state index is -0.978. The van der Waals surface area contributed by atoms with E-state index in [1.54, 1.807) is 13.8 Å². The first-order valence-electron chi connectivity index (χ1n) is 4.17. The number of carboxylic acids is 1. The van der Waals surface area contributed by atoms with E-state index < -0.39 is 17.6 Å². The monoisotopic (exact) mass is 186 g/mol. The molecule has 1 saturated heterocycles. The number of aliphatic carboxylic acids is 1. The average Bonchev–Trinajstić information content (AvgIpc) is 1.80. The summed E-state index contributed by atoms with van der Waals surface area (Å²) in [4.78, 5) is 23.4. The SMILES string of the molecule is CC(C)(N)C(=O)N1CC[C@H]1C(=O)O. The van der Waals surface area contributed by atoms with Crippen LogP contribution in [0.1, 0.15) is 20.3 Å². The van der Waals surface area contributed by atoms with Gasteiger partial charge in [0.2, 0.25) is 5.91 Å². The third-order valence-corrected chi connectivity index (χ3v) is 2.12. The Kier molecular flexibility index (Phi) is 2.30. The lowest BCUT2D eigenvalue weighted by Gasteiger charge is -2.41. The number of nitrogens with zero attached hydrogens (tertiary/aromatic N) is 1. The molecule has 1 heterocycles. The maximum absolute atomic E-state index is 11.5. The average molecular weight is 186 g/mol. The van der Waals surface area contributed by atoms with E-state index in [2.05, 4.69) is 0 Å². The van der Waals surface area contributed by atoms with Gasteiger partial charge in [0.25, 0.3) is 0 Å². The molecule has 0 spiro atoms. The molecule has 1 atom stereocenters. The van der Waals surface area contributed by atoms with E-state index in [4.69, 9.17) is 10.8 Å². The van der Waals surface area contributed by atoms with Crippen LogP contribution in [-0.4, -0.2) is 40.0 Å². The molecule has 0 unspecified atom stereocenters. The van der Waals surface area contributed by atoms with Crippen LogP contribution in [0.3, 0.4) is 0 Å². The third-order valence-electron chi connectivity index (χ3n) is 2.12. The fourth-order valence-electron chi connectivity index (χ4n) is 1.26. The predicted molar refractivity (Wildman–Crippen MR) is 46.0 cm³/mol. The molecule has 1 aliphatic rings. The quantitative estimate of drug-likeness (QED) is 0.603. The Morgan fingerprint density at radius 1 is 1.54 bits per heavy atom. The molecule has 13 heavy (non-hydrogen) atoms. The van der Waals surface area contributed by atoms with Crippen molar-refractivity contribution in [2.75, 3.05) is 6.54 Å². The lowest BCUT2D eigenvalue weighted by atomic mass is 9.97. The Balaban J connectivity index is 2.65. The Morgan fingerprint density at radius 2 is 2.08 bits per heavy atom. The third kappa shape index (κ3) is 1.80. The van der Waals surface area contributed by atoms with Gasteiger partial charge >= 0.3 is 5.97 Å². The molecule has 74 valence electrons. The molecule has 1 rings (SSSR count). The summed E-state index contributed by atoms with van der Waals surface area (Å²) in [5.41, 5.74) is 4.59. The number of hydrogen-bond acceptors (Lipinski definition) is 3. The molecule has 1 fully saturated rings. The van der Waals surface area contributed by atoms with Gasteiger partial charge in [0.05, 0.1) is 5.54 Å². The topological polar surface area (TPSA) is 83.6 Å². The van der Waals surface area contributed by atoms with Crippen molar-refractivity contribution in [2.24, 2.45) is 5.73 Å². The summed E-state index contributed by atoms with van der Waals surface area (Å²) < 4.78 is 0. The molecule has 0 aromatic heterocycles. The molecule has 0 bridgehead atoms. The number of hydrogen-bond donors (Lipinski definition) is 2. The van der Waals surface area contributed by atoms with Crippen LogP contribution in [0.5, 0.6) is 0 Å². The molecule has 0 aromatic rings. The van der Waals surface area contributed by atoms with Crippen molar-refractivity contribution in [3.8, 4) is 0 Å². The van der Waals surface area contributed by atoms with Crippen molar-refractivity contribution >= 4 is 11.9 Å². The fourth-order valence-corrected chi connectivity index (χ4v) is 1.26. The van der Waals surface area contributed by atoms with E-state index in [1.807, 2.05) is 0 Å². The lowest BCUT2D eigenvalue weighted by molar-refractivity contribution is -0.159. The van der Waals surface area contributed by atoms with Crippen molar-refractivity contribution in [3.63, 3.8) is 0 Å². The van der Waals surface area contributed by atoms with Crippen molar-refractivity contribution in [3.05, 3.63) is 0 Å². The van der Waals surface area contributed by atoms with Gasteiger partial charge in [0, 0.05) is 6.54 Å². The summed E-state index contributed by atoms with van der Waals surface area (Å²) in [5, 5.41) is 8.68.